The molecule has 1 heterocycles. The summed E-state index contributed by atoms with van der Waals surface area (Å²) in [6, 6.07) is 2.06. The molecule has 1 unspecified atom stereocenters. The fourth-order valence-electron chi connectivity index (χ4n) is 1.96. The fraction of sp³-hybridized carbons (Fsp3) is 0.462. The predicted octanol–water partition coefficient (Wildman–Crippen LogP) is -0.260. The molecule has 100 valence electrons. The summed E-state index contributed by atoms with van der Waals surface area (Å²) in [5, 5.41) is 11.2. The summed E-state index contributed by atoms with van der Waals surface area (Å²) in [4.78, 5) is 24.1. The lowest BCUT2D eigenvalue weighted by Crippen LogP contribution is -2.53. The molecule has 0 saturated carbocycles. The number of nitrogens with zero attached hydrogens (tertiary/aromatic N) is 2. The molecule has 0 bridgehead atoms. The van der Waals surface area contributed by atoms with E-state index in [1.54, 1.807) is 6.08 Å². The summed E-state index contributed by atoms with van der Waals surface area (Å²) in [6.45, 7) is 1.80. The zero-order chi connectivity index (χ0) is 13.7. The third-order valence-electron chi connectivity index (χ3n) is 3.03. The molecule has 0 radical (unpaired) electrons. The highest BCUT2D eigenvalue weighted by atomic mass is 16.5. The summed E-state index contributed by atoms with van der Waals surface area (Å²) in [6.07, 6.45) is 5.99. The van der Waals surface area contributed by atoms with E-state index < -0.39 is 11.8 Å². The van der Waals surface area contributed by atoms with E-state index in [1.165, 1.54) is 4.90 Å². The van der Waals surface area contributed by atoms with Crippen LogP contribution in [0.3, 0.4) is 0 Å². The van der Waals surface area contributed by atoms with Crippen molar-refractivity contribution in [2.45, 2.75) is 12.5 Å². The van der Waals surface area contributed by atoms with Crippen molar-refractivity contribution in [3.8, 4) is 6.07 Å². The van der Waals surface area contributed by atoms with Gasteiger partial charge in [0.05, 0.1) is 18.8 Å². The molecule has 1 fully saturated rings. The molecule has 1 aliphatic carbocycles. The van der Waals surface area contributed by atoms with E-state index in [9.17, 15) is 9.59 Å². The Morgan fingerprint density at radius 2 is 2.37 bits per heavy atom. The number of carbonyl (C=O) groups excluding carboxylic acids is 2. The minimum atomic E-state index is -0.551. The average Bonchev–Trinajstić information content (AvgIpc) is 2.44. The summed E-state index contributed by atoms with van der Waals surface area (Å²) < 4.78 is 5.60. The number of nitrogens with one attached hydrogen (secondary N) is 1. The minimum absolute atomic E-state index is 0.0641. The van der Waals surface area contributed by atoms with Gasteiger partial charge in [0.25, 0.3) is 0 Å². The van der Waals surface area contributed by atoms with Gasteiger partial charge in [-0.2, -0.15) is 5.26 Å². The lowest BCUT2D eigenvalue weighted by molar-refractivity contribution is -0.148. The second kappa shape index (κ2) is 6.16. The van der Waals surface area contributed by atoms with Crippen LogP contribution in [0.2, 0.25) is 0 Å². The van der Waals surface area contributed by atoms with Crippen LogP contribution in [0.4, 0.5) is 0 Å². The molecule has 2 aliphatic rings. The normalized spacial score (nSPS) is 22.8. The van der Waals surface area contributed by atoms with Gasteiger partial charge >= 0.3 is 11.8 Å². The fourth-order valence-corrected chi connectivity index (χ4v) is 1.96. The Hall–Kier alpha value is -2.13. The van der Waals surface area contributed by atoms with Crippen molar-refractivity contribution < 1.29 is 14.3 Å². The van der Waals surface area contributed by atoms with Crippen LogP contribution in [0.1, 0.15) is 6.42 Å². The lowest BCUT2D eigenvalue weighted by Gasteiger charge is -2.27. The van der Waals surface area contributed by atoms with E-state index in [-0.39, 0.29) is 6.10 Å². The predicted molar refractivity (Wildman–Crippen MR) is 66.8 cm³/mol. The average molecular weight is 261 g/mol. The van der Waals surface area contributed by atoms with Gasteiger partial charge in [-0.25, -0.2) is 0 Å². The maximum atomic E-state index is 11.5. The molecule has 19 heavy (non-hydrogen) atoms. The number of allylic oxidation sites excluding steroid dienone is 2. The lowest BCUT2D eigenvalue weighted by atomic mass is 10.1. The number of carbonyl (C=O) groups is 2. The zero-order valence-electron chi connectivity index (χ0n) is 10.5. The summed E-state index contributed by atoms with van der Waals surface area (Å²) in [7, 11) is 0. The molecular weight excluding hydrogens is 246 g/mol. The molecule has 0 spiro atoms. The van der Waals surface area contributed by atoms with Crippen LogP contribution >= 0.6 is 0 Å². The van der Waals surface area contributed by atoms with E-state index in [1.807, 2.05) is 12.2 Å². The van der Waals surface area contributed by atoms with Gasteiger partial charge in [0.1, 0.15) is 0 Å². The van der Waals surface area contributed by atoms with Crippen molar-refractivity contribution in [3.05, 3.63) is 23.8 Å². The third-order valence-corrected chi connectivity index (χ3v) is 3.03. The SMILES string of the molecule is N#CC1=CCC(OCCN2CCNC(=O)C2=O)C=C1. The first-order valence-corrected chi connectivity index (χ1v) is 6.18. The molecule has 1 atom stereocenters. The Labute approximate surface area is 111 Å². The molecule has 1 N–H and O–H groups in total. The number of amides is 2. The molecule has 0 aromatic carbocycles. The zero-order valence-corrected chi connectivity index (χ0v) is 10.5. The van der Waals surface area contributed by atoms with Crippen LogP contribution in [-0.4, -0.2) is 49.1 Å². The molecule has 0 aromatic heterocycles. The number of nitriles is 1. The molecule has 2 rings (SSSR count). The Morgan fingerprint density at radius 3 is 3.05 bits per heavy atom. The largest absolute Gasteiger partial charge is 0.372 e. The first kappa shape index (κ1) is 13.3. The molecule has 6 nitrogen and oxygen atoms in total. The van der Waals surface area contributed by atoms with Gasteiger partial charge < -0.3 is 15.0 Å². The highest BCUT2D eigenvalue weighted by molar-refractivity contribution is 6.35. The van der Waals surface area contributed by atoms with Crippen molar-refractivity contribution >= 4 is 11.8 Å². The van der Waals surface area contributed by atoms with E-state index in [4.69, 9.17) is 10.00 Å². The standard InChI is InChI=1S/C13H15N3O3/c14-9-10-1-3-11(4-2-10)19-8-7-16-6-5-15-12(17)13(16)18/h1-3,11H,4-8H2,(H,15,17). The smallest absolute Gasteiger partial charge is 0.312 e. The molecule has 1 aliphatic heterocycles. The van der Waals surface area contributed by atoms with Gasteiger partial charge in [-0.05, 0) is 12.5 Å². The van der Waals surface area contributed by atoms with Gasteiger partial charge in [-0.15, -0.1) is 0 Å². The van der Waals surface area contributed by atoms with Crippen LogP contribution < -0.4 is 5.32 Å². The Morgan fingerprint density at radius 1 is 1.53 bits per heavy atom. The first-order valence-electron chi connectivity index (χ1n) is 6.18. The topological polar surface area (TPSA) is 82.4 Å². The highest BCUT2D eigenvalue weighted by Gasteiger charge is 2.25. The number of piperazine rings is 1. The molecule has 0 aromatic rings. The van der Waals surface area contributed by atoms with Crippen molar-refractivity contribution in [2.75, 3.05) is 26.2 Å². The Kier molecular flexibility index (Phi) is 4.31. The monoisotopic (exact) mass is 261 g/mol. The molecule has 2 amide bonds. The third kappa shape index (κ3) is 3.42. The van der Waals surface area contributed by atoms with E-state index >= 15 is 0 Å². The summed E-state index contributed by atoms with van der Waals surface area (Å²) in [5.74, 6) is -1.05. The highest BCUT2D eigenvalue weighted by Crippen LogP contribution is 2.12. The first-order chi connectivity index (χ1) is 9.20. The summed E-state index contributed by atoms with van der Waals surface area (Å²) in [5.41, 5.74) is 0.641. The van der Waals surface area contributed by atoms with Gasteiger partial charge in [-0.1, -0.05) is 12.2 Å². The number of hydrogen-bond donors (Lipinski definition) is 1. The van der Waals surface area contributed by atoms with Crippen LogP contribution in [0, 0.1) is 11.3 Å². The van der Waals surface area contributed by atoms with Crippen LogP contribution in [0.25, 0.3) is 0 Å². The van der Waals surface area contributed by atoms with E-state index in [0.29, 0.717) is 38.2 Å². The van der Waals surface area contributed by atoms with Crippen molar-refractivity contribution in [2.24, 2.45) is 0 Å². The number of hydrogen-bond acceptors (Lipinski definition) is 4. The van der Waals surface area contributed by atoms with Gasteiger partial charge in [0.2, 0.25) is 0 Å². The molecule has 6 heteroatoms. The quantitative estimate of drug-likeness (QED) is 0.707. The van der Waals surface area contributed by atoms with E-state index in [0.717, 1.165) is 0 Å². The number of ether oxygens (including phenoxy) is 1. The second-order valence-corrected chi connectivity index (χ2v) is 4.32. The minimum Gasteiger partial charge on any atom is -0.372 e. The molecular formula is C13H15N3O3. The van der Waals surface area contributed by atoms with Crippen molar-refractivity contribution in [1.82, 2.24) is 10.2 Å². The van der Waals surface area contributed by atoms with Gasteiger partial charge in [-0.3, -0.25) is 9.59 Å². The van der Waals surface area contributed by atoms with E-state index in [2.05, 4.69) is 11.4 Å². The second-order valence-electron chi connectivity index (χ2n) is 4.32. The maximum Gasteiger partial charge on any atom is 0.312 e. The number of rotatable bonds is 4. The van der Waals surface area contributed by atoms with Crippen LogP contribution in [0.5, 0.6) is 0 Å². The summed E-state index contributed by atoms with van der Waals surface area (Å²) >= 11 is 0. The maximum absolute atomic E-state index is 11.5. The van der Waals surface area contributed by atoms with Crippen molar-refractivity contribution in [1.29, 1.82) is 5.26 Å². The van der Waals surface area contributed by atoms with Gasteiger partial charge in [0.15, 0.2) is 0 Å². The Bertz CT molecular complexity index is 476. The van der Waals surface area contributed by atoms with Crippen molar-refractivity contribution in [3.63, 3.8) is 0 Å². The van der Waals surface area contributed by atoms with Gasteiger partial charge in [0, 0.05) is 25.2 Å². The van der Waals surface area contributed by atoms with Crippen LogP contribution in [0.15, 0.2) is 23.8 Å². The Balaban J connectivity index is 1.72. The van der Waals surface area contributed by atoms with Crippen LogP contribution in [-0.2, 0) is 14.3 Å². The molecule has 1 saturated heterocycles.